The fraction of sp³-hybridized carbons (Fsp3) is 0.160. The highest BCUT2D eigenvalue weighted by Crippen LogP contribution is 2.35. The van der Waals surface area contributed by atoms with E-state index in [2.05, 4.69) is 10.3 Å². The standard InChI is InChI=1S/C25H21N3O6S/c1-2-33-25(32)23-19(12-20(35-23)16-8-4-3-5-9-16)27-21(29)14-34-22(30)13-28-15-26-18-11-7-6-10-17(18)24(28)31/h3-12,15H,2,13-14H2,1H3,(H,27,29). The minimum Gasteiger partial charge on any atom is -0.462 e. The zero-order valence-corrected chi connectivity index (χ0v) is 19.5. The molecule has 0 saturated carbocycles. The minimum atomic E-state index is -0.778. The van der Waals surface area contributed by atoms with Crippen molar-refractivity contribution in [2.75, 3.05) is 18.5 Å². The molecule has 35 heavy (non-hydrogen) atoms. The van der Waals surface area contributed by atoms with Gasteiger partial charge in [0.1, 0.15) is 11.4 Å². The number of rotatable bonds is 8. The molecule has 9 nitrogen and oxygen atoms in total. The van der Waals surface area contributed by atoms with Crippen LogP contribution in [0.2, 0.25) is 0 Å². The SMILES string of the molecule is CCOC(=O)c1sc(-c2ccccc2)cc1NC(=O)COC(=O)Cn1cnc2ccccc2c1=O. The molecule has 4 rings (SSSR count). The minimum absolute atomic E-state index is 0.186. The van der Waals surface area contributed by atoms with E-state index < -0.39 is 31.0 Å². The van der Waals surface area contributed by atoms with Gasteiger partial charge in [0.05, 0.1) is 29.5 Å². The molecular formula is C25H21N3O6S. The quantitative estimate of drug-likeness (QED) is 0.375. The number of carbonyl (C=O) groups excluding carboxylic acids is 3. The molecule has 0 unspecified atom stereocenters. The van der Waals surface area contributed by atoms with Crippen molar-refractivity contribution in [1.82, 2.24) is 9.55 Å². The molecule has 0 spiro atoms. The first kappa shape index (κ1) is 23.8. The predicted octanol–water partition coefficient (Wildman–Crippen LogP) is 3.48. The molecule has 0 aliphatic heterocycles. The van der Waals surface area contributed by atoms with Gasteiger partial charge in [0, 0.05) is 4.88 Å². The molecule has 2 aromatic heterocycles. The lowest BCUT2D eigenvalue weighted by atomic mass is 10.2. The fourth-order valence-corrected chi connectivity index (χ4v) is 4.33. The third kappa shape index (κ3) is 5.61. The molecule has 0 aliphatic rings. The Bertz CT molecular complexity index is 1440. The lowest BCUT2D eigenvalue weighted by Crippen LogP contribution is -2.28. The van der Waals surface area contributed by atoms with Crippen molar-refractivity contribution in [3.8, 4) is 10.4 Å². The van der Waals surface area contributed by atoms with Crippen molar-refractivity contribution in [3.63, 3.8) is 0 Å². The highest BCUT2D eigenvalue weighted by molar-refractivity contribution is 7.18. The topological polar surface area (TPSA) is 117 Å². The number of aromatic nitrogens is 2. The molecule has 0 radical (unpaired) electrons. The van der Waals surface area contributed by atoms with Gasteiger partial charge in [-0.15, -0.1) is 11.3 Å². The normalized spacial score (nSPS) is 10.7. The first-order chi connectivity index (χ1) is 17.0. The van der Waals surface area contributed by atoms with Crippen LogP contribution in [0.4, 0.5) is 5.69 Å². The maximum absolute atomic E-state index is 12.5. The van der Waals surface area contributed by atoms with E-state index in [0.717, 1.165) is 15.0 Å². The summed E-state index contributed by atoms with van der Waals surface area (Å²) in [6, 6.07) is 17.8. The second kappa shape index (κ2) is 10.7. The maximum Gasteiger partial charge on any atom is 0.350 e. The molecule has 0 saturated heterocycles. The van der Waals surface area contributed by atoms with E-state index >= 15 is 0 Å². The highest BCUT2D eigenvalue weighted by atomic mass is 32.1. The van der Waals surface area contributed by atoms with Crippen LogP contribution < -0.4 is 10.9 Å². The molecule has 0 atom stereocenters. The van der Waals surface area contributed by atoms with Crippen molar-refractivity contribution in [1.29, 1.82) is 0 Å². The number of amides is 1. The first-order valence-corrected chi connectivity index (χ1v) is 11.5. The van der Waals surface area contributed by atoms with Gasteiger partial charge >= 0.3 is 11.9 Å². The van der Waals surface area contributed by atoms with E-state index in [1.54, 1.807) is 37.3 Å². The van der Waals surface area contributed by atoms with Gasteiger partial charge in [0.15, 0.2) is 6.61 Å². The molecule has 178 valence electrons. The summed E-state index contributed by atoms with van der Waals surface area (Å²) in [5.41, 5.74) is 1.28. The summed E-state index contributed by atoms with van der Waals surface area (Å²) in [6.45, 7) is 0.894. The van der Waals surface area contributed by atoms with Gasteiger partial charge in [-0.3, -0.25) is 19.0 Å². The van der Waals surface area contributed by atoms with Crippen molar-refractivity contribution >= 4 is 45.8 Å². The number of nitrogens with one attached hydrogen (secondary N) is 1. The Morgan fingerprint density at radius 2 is 1.77 bits per heavy atom. The second-order valence-electron chi connectivity index (χ2n) is 7.34. The predicted molar refractivity (Wildman–Crippen MR) is 131 cm³/mol. The van der Waals surface area contributed by atoms with Gasteiger partial charge < -0.3 is 14.8 Å². The van der Waals surface area contributed by atoms with Crippen LogP contribution >= 0.6 is 11.3 Å². The monoisotopic (exact) mass is 491 g/mol. The van der Waals surface area contributed by atoms with Crippen LogP contribution in [0.15, 0.2) is 71.8 Å². The molecule has 10 heteroatoms. The largest absolute Gasteiger partial charge is 0.462 e. The van der Waals surface area contributed by atoms with Crippen LogP contribution in [0, 0.1) is 0 Å². The summed E-state index contributed by atoms with van der Waals surface area (Å²) >= 11 is 1.19. The number of thiophene rings is 1. The van der Waals surface area contributed by atoms with Gasteiger partial charge in [0.25, 0.3) is 11.5 Å². The van der Waals surface area contributed by atoms with E-state index in [1.165, 1.54) is 17.7 Å². The number of nitrogens with zero attached hydrogens (tertiary/aromatic N) is 2. The molecular weight excluding hydrogens is 470 g/mol. The zero-order chi connectivity index (χ0) is 24.8. The zero-order valence-electron chi connectivity index (χ0n) is 18.7. The van der Waals surface area contributed by atoms with Crippen LogP contribution in [-0.2, 0) is 25.6 Å². The molecule has 2 aromatic carbocycles. The van der Waals surface area contributed by atoms with Crippen LogP contribution in [-0.4, -0.2) is 40.6 Å². The Kier molecular flexibility index (Phi) is 7.32. The average molecular weight is 492 g/mol. The van der Waals surface area contributed by atoms with Gasteiger partial charge in [-0.2, -0.15) is 0 Å². The summed E-state index contributed by atoms with van der Waals surface area (Å²) in [5, 5.41) is 2.98. The molecule has 1 amide bonds. The molecule has 0 aliphatic carbocycles. The van der Waals surface area contributed by atoms with Crippen LogP contribution in [0.3, 0.4) is 0 Å². The van der Waals surface area contributed by atoms with Crippen molar-refractivity contribution < 1.29 is 23.9 Å². The van der Waals surface area contributed by atoms with Gasteiger partial charge in [-0.05, 0) is 30.7 Å². The van der Waals surface area contributed by atoms with Crippen LogP contribution in [0.25, 0.3) is 21.3 Å². The third-order valence-corrected chi connectivity index (χ3v) is 6.08. The van der Waals surface area contributed by atoms with Crippen molar-refractivity contribution in [2.24, 2.45) is 0 Å². The second-order valence-corrected chi connectivity index (χ2v) is 8.40. The van der Waals surface area contributed by atoms with Crippen molar-refractivity contribution in [2.45, 2.75) is 13.5 Å². The number of hydrogen-bond donors (Lipinski definition) is 1. The number of fused-ring (bicyclic) bond motifs is 1. The average Bonchev–Trinajstić information content (AvgIpc) is 3.29. The highest BCUT2D eigenvalue weighted by Gasteiger charge is 2.20. The number of hydrogen-bond acceptors (Lipinski definition) is 8. The summed E-state index contributed by atoms with van der Waals surface area (Å²) in [5.74, 6) is -1.97. The fourth-order valence-electron chi connectivity index (χ4n) is 3.31. The van der Waals surface area contributed by atoms with E-state index in [4.69, 9.17) is 9.47 Å². The third-order valence-electron chi connectivity index (χ3n) is 4.92. The first-order valence-electron chi connectivity index (χ1n) is 10.7. The van der Waals surface area contributed by atoms with Gasteiger partial charge in [-0.1, -0.05) is 42.5 Å². The van der Waals surface area contributed by atoms with E-state index in [9.17, 15) is 19.2 Å². The van der Waals surface area contributed by atoms with Crippen molar-refractivity contribution in [3.05, 3.63) is 82.2 Å². The molecule has 4 aromatic rings. The Balaban J connectivity index is 1.42. The summed E-state index contributed by atoms with van der Waals surface area (Å²) in [4.78, 5) is 54.8. The van der Waals surface area contributed by atoms with Gasteiger partial charge in [0.2, 0.25) is 0 Å². The number of benzene rings is 2. The lowest BCUT2D eigenvalue weighted by molar-refractivity contribution is -0.147. The number of anilines is 1. The molecule has 1 N–H and O–H groups in total. The van der Waals surface area contributed by atoms with Crippen LogP contribution in [0.5, 0.6) is 0 Å². The van der Waals surface area contributed by atoms with E-state index in [1.807, 2.05) is 30.3 Å². The van der Waals surface area contributed by atoms with Crippen LogP contribution in [0.1, 0.15) is 16.6 Å². The molecule has 2 heterocycles. The number of ether oxygens (including phenoxy) is 2. The summed E-state index contributed by atoms with van der Waals surface area (Å²) in [6.07, 6.45) is 1.26. The lowest BCUT2D eigenvalue weighted by Gasteiger charge is -2.08. The smallest absolute Gasteiger partial charge is 0.350 e. The molecule has 0 bridgehead atoms. The Morgan fingerprint density at radius 1 is 1.03 bits per heavy atom. The summed E-state index contributed by atoms with van der Waals surface area (Å²) < 4.78 is 11.3. The summed E-state index contributed by atoms with van der Waals surface area (Å²) in [7, 11) is 0. The number of para-hydroxylation sites is 1. The van der Waals surface area contributed by atoms with E-state index in [0.29, 0.717) is 10.9 Å². The maximum atomic E-state index is 12.5. The number of carbonyl (C=O) groups is 3. The Labute approximate surface area is 203 Å². The Hall–Kier alpha value is -4.31. The number of esters is 2. The van der Waals surface area contributed by atoms with E-state index in [-0.39, 0.29) is 22.7 Å². The molecule has 0 fully saturated rings. The van der Waals surface area contributed by atoms with Gasteiger partial charge in [-0.25, -0.2) is 9.78 Å². The Morgan fingerprint density at radius 3 is 2.54 bits per heavy atom.